The van der Waals surface area contributed by atoms with Crippen LogP contribution in [0.2, 0.25) is 0 Å². The van der Waals surface area contributed by atoms with Gasteiger partial charge in [-0.3, -0.25) is 14.4 Å². The van der Waals surface area contributed by atoms with Crippen LogP contribution in [0.3, 0.4) is 0 Å². The molecular formula is C12H16N2O3S. The summed E-state index contributed by atoms with van der Waals surface area (Å²) in [5.41, 5.74) is 1.97. The lowest BCUT2D eigenvalue weighted by molar-refractivity contribution is -0.124. The fourth-order valence-electron chi connectivity index (χ4n) is 2.29. The molecule has 2 rings (SSSR count). The maximum atomic E-state index is 12.1. The van der Waals surface area contributed by atoms with Crippen molar-refractivity contribution in [2.75, 3.05) is 12.8 Å². The molecular weight excluding hydrogens is 252 g/mol. The van der Waals surface area contributed by atoms with Crippen LogP contribution < -0.4 is 4.72 Å². The Bertz CT molecular complexity index is 568. The molecule has 0 aliphatic carbocycles. The maximum absolute atomic E-state index is 12.1. The fourth-order valence-corrected chi connectivity index (χ4v) is 2.77. The van der Waals surface area contributed by atoms with Crippen molar-refractivity contribution in [1.29, 1.82) is 0 Å². The van der Waals surface area contributed by atoms with Crippen LogP contribution in [0.4, 0.5) is 0 Å². The summed E-state index contributed by atoms with van der Waals surface area (Å²) in [5.74, 6) is -0.482. The Morgan fingerprint density at radius 3 is 2.72 bits per heavy atom. The minimum atomic E-state index is -3.52. The first-order valence-electron chi connectivity index (χ1n) is 5.76. The zero-order valence-corrected chi connectivity index (χ0v) is 11.2. The second-order valence-electron chi connectivity index (χ2n) is 4.40. The first kappa shape index (κ1) is 13.0. The number of nitrogens with zero attached hydrogens (tertiary/aromatic N) is 1. The highest BCUT2D eigenvalue weighted by molar-refractivity contribution is 7.89. The lowest BCUT2D eigenvalue weighted by atomic mass is 10.0. The van der Waals surface area contributed by atoms with Crippen LogP contribution in [0.5, 0.6) is 0 Å². The minimum absolute atomic E-state index is 0.482. The predicted octanol–water partition coefficient (Wildman–Crippen LogP) is 0.639. The van der Waals surface area contributed by atoms with Gasteiger partial charge < -0.3 is 0 Å². The molecule has 1 N–H and O–H groups in total. The van der Waals surface area contributed by atoms with E-state index in [4.69, 9.17) is 0 Å². The second kappa shape index (κ2) is 4.70. The number of rotatable bonds is 3. The van der Waals surface area contributed by atoms with Crippen molar-refractivity contribution in [1.82, 2.24) is 9.62 Å². The standard InChI is InChI=1S/C12H16N2O3S/c1-3-14-8-9-6-4-5-7-10(9)11(14)12(15)13-18(2,16)17/h4-7,11H,3,8H2,1-2H3,(H,13,15). The van der Waals surface area contributed by atoms with Gasteiger partial charge in [-0.2, -0.15) is 0 Å². The summed E-state index contributed by atoms with van der Waals surface area (Å²) in [7, 11) is -3.52. The van der Waals surface area contributed by atoms with Gasteiger partial charge in [0.05, 0.1) is 6.26 Å². The fraction of sp³-hybridized carbons (Fsp3) is 0.417. The summed E-state index contributed by atoms with van der Waals surface area (Å²) in [4.78, 5) is 14.0. The Morgan fingerprint density at radius 1 is 1.44 bits per heavy atom. The predicted molar refractivity (Wildman–Crippen MR) is 68.3 cm³/mol. The zero-order valence-electron chi connectivity index (χ0n) is 10.4. The van der Waals surface area contributed by atoms with Crippen molar-refractivity contribution < 1.29 is 13.2 Å². The van der Waals surface area contributed by atoms with Gasteiger partial charge in [0.2, 0.25) is 10.0 Å². The van der Waals surface area contributed by atoms with Gasteiger partial charge in [-0.15, -0.1) is 0 Å². The molecule has 1 aromatic rings. The number of nitrogens with one attached hydrogen (secondary N) is 1. The molecule has 1 aromatic carbocycles. The molecule has 0 fully saturated rings. The molecule has 1 heterocycles. The number of amides is 1. The molecule has 1 unspecified atom stereocenters. The molecule has 1 aliphatic heterocycles. The van der Waals surface area contributed by atoms with E-state index >= 15 is 0 Å². The van der Waals surface area contributed by atoms with Crippen molar-refractivity contribution in [3.05, 3.63) is 35.4 Å². The average molecular weight is 268 g/mol. The van der Waals surface area contributed by atoms with Gasteiger partial charge in [0.15, 0.2) is 0 Å². The van der Waals surface area contributed by atoms with Gasteiger partial charge in [0.1, 0.15) is 6.04 Å². The largest absolute Gasteiger partial charge is 0.284 e. The van der Waals surface area contributed by atoms with E-state index in [1.165, 1.54) is 0 Å². The molecule has 0 bridgehead atoms. The van der Waals surface area contributed by atoms with E-state index in [0.717, 1.165) is 17.4 Å². The highest BCUT2D eigenvalue weighted by Crippen LogP contribution is 2.33. The normalized spacial score (nSPS) is 19.6. The highest BCUT2D eigenvalue weighted by atomic mass is 32.2. The smallest absolute Gasteiger partial charge is 0.255 e. The van der Waals surface area contributed by atoms with E-state index in [9.17, 15) is 13.2 Å². The van der Waals surface area contributed by atoms with Crippen molar-refractivity contribution >= 4 is 15.9 Å². The number of carbonyl (C=O) groups is 1. The van der Waals surface area contributed by atoms with E-state index in [1.807, 2.05) is 36.1 Å². The molecule has 1 aliphatic rings. The van der Waals surface area contributed by atoms with Crippen molar-refractivity contribution in [3.63, 3.8) is 0 Å². The van der Waals surface area contributed by atoms with Crippen LogP contribution in [0, 0.1) is 0 Å². The summed E-state index contributed by atoms with van der Waals surface area (Å²) in [6.07, 6.45) is 0.988. The number of carbonyl (C=O) groups excluding carboxylic acids is 1. The first-order chi connectivity index (χ1) is 8.42. The lowest BCUT2D eigenvalue weighted by Crippen LogP contribution is -2.39. The Morgan fingerprint density at radius 2 is 2.11 bits per heavy atom. The second-order valence-corrected chi connectivity index (χ2v) is 6.15. The molecule has 0 radical (unpaired) electrons. The van der Waals surface area contributed by atoms with Crippen LogP contribution in [-0.4, -0.2) is 32.0 Å². The maximum Gasteiger partial charge on any atom is 0.255 e. The third-order valence-electron chi connectivity index (χ3n) is 3.03. The minimum Gasteiger partial charge on any atom is -0.284 e. The highest BCUT2D eigenvalue weighted by Gasteiger charge is 2.35. The van der Waals surface area contributed by atoms with Gasteiger partial charge >= 0.3 is 0 Å². The molecule has 6 heteroatoms. The zero-order chi connectivity index (χ0) is 13.3. The number of hydrogen-bond donors (Lipinski definition) is 1. The van der Waals surface area contributed by atoms with E-state index in [-0.39, 0.29) is 0 Å². The summed E-state index contributed by atoms with van der Waals surface area (Å²) < 4.78 is 24.4. The van der Waals surface area contributed by atoms with E-state index in [0.29, 0.717) is 13.1 Å². The van der Waals surface area contributed by atoms with Gasteiger partial charge in [0.25, 0.3) is 5.91 Å². The average Bonchev–Trinajstić information content (AvgIpc) is 2.64. The summed E-state index contributed by atoms with van der Waals surface area (Å²) in [6.45, 7) is 3.32. The van der Waals surface area contributed by atoms with Gasteiger partial charge in [0, 0.05) is 6.54 Å². The van der Waals surface area contributed by atoms with Crippen LogP contribution in [0.1, 0.15) is 24.1 Å². The van der Waals surface area contributed by atoms with Crippen LogP contribution in [0.25, 0.3) is 0 Å². The van der Waals surface area contributed by atoms with Crippen molar-refractivity contribution in [3.8, 4) is 0 Å². The number of hydrogen-bond acceptors (Lipinski definition) is 4. The molecule has 0 spiro atoms. The number of likely N-dealkylation sites (N-methyl/N-ethyl adjacent to an activating group) is 1. The molecule has 1 atom stereocenters. The SMILES string of the molecule is CCN1Cc2ccccc2C1C(=O)NS(C)(=O)=O. The topological polar surface area (TPSA) is 66.5 Å². The van der Waals surface area contributed by atoms with Crippen LogP contribution >= 0.6 is 0 Å². The number of sulfonamides is 1. The van der Waals surface area contributed by atoms with Crippen LogP contribution in [-0.2, 0) is 21.4 Å². The van der Waals surface area contributed by atoms with Gasteiger partial charge in [-0.1, -0.05) is 31.2 Å². The molecule has 5 nitrogen and oxygen atoms in total. The Balaban J connectivity index is 2.33. The third-order valence-corrected chi connectivity index (χ3v) is 3.60. The van der Waals surface area contributed by atoms with Gasteiger partial charge in [-0.25, -0.2) is 8.42 Å². The van der Waals surface area contributed by atoms with Crippen molar-refractivity contribution in [2.45, 2.75) is 19.5 Å². The summed E-state index contributed by atoms with van der Waals surface area (Å²) in [6, 6.07) is 7.10. The van der Waals surface area contributed by atoms with E-state index in [1.54, 1.807) is 0 Å². The van der Waals surface area contributed by atoms with Gasteiger partial charge in [-0.05, 0) is 17.7 Å². The molecule has 0 aromatic heterocycles. The Labute approximate surface area is 107 Å². The monoisotopic (exact) mass is 268 g/mol. The Hall–Kier alpha value is -1.40. The van der Waals surface area contributed by atoms with E-state index in [2.05, 4.69) is 4.72 Å². The molecule has 0 saturated carbocycles. The molecule has 1 amide bonds. The van der Waals surface area contributed by atoms with Crippen LogP contribution in [0.15, 0.2) is 24.3 Å². The van der Waals surface area contributed by atoms with Crippen molar-refractivity contribution in [2.24, 2.45) is 0 Å². The first-order valence-corrected chi connectivity index (χ1v) is 7.65. The quantitative estimate of drug-likeness (QED) is 0.873. The summed E-state index contributed by atoms with van der Waals surface area (Å²) >= 11 is 0. The van der Waals surface area contributed by atoms with E-state index < -0.39 is 22.0 Å². The lowest BCUT2D eigenvalue weighted by Gasteiger charge is -2.22. The molecule has 18 heavy (non-hydrogen) atoms. The number of benzene rings is 1. The molecule has 98 valence electrons. The Kier molecular flexibility index (Phi) is 3.41. The molecule has 0 saturated heterocycles. The summed E-state index contributed by atoms with van der Waals surface area (Å²) in [5, 5.41) is 0. The number of fused-ring (bicyclic) bond motifs is 1. The third kappa shape index (κ3) is 2.54.